The van der Waals surface area contributed by atoms with Crippen LogP contribution in [0.4, 0.5) is 0 Å². The second-order valence-corrected chi connectivity index (χ2v) is 6.96. The molecule has 7 heteroatoms. The second kappa shape index (κ2) is 6.57. The lowest BCUT2D eigenvalue weighted by Gasteiger charge is -2.10. The Morgan fingerprint density at radius 3 is 2.67 bits per heavy atom. The third kappa shape index (κ3) is 2.70. The summed E-state index contributed by atoms with van der Waals surface area (Å²) in [5.41, 5.74) is 3.25. The Bertz CT molecular complexity index is 1260. The molecule has 0 atom stereocenters. The van der Waals surface area contributed by atoms with E-state index in [9.17, 15) is 9.59 Å². The van der Waals surface area contributed by atoms with Crippen molar-refractivity contribution in [3.05, 3.63) is 56.9 Å². The Kier molecular flexibility index (Phi) is 4.22. The molecule has 0 aliphatic heterocycles. The van der Waals surface area contributed by atoms with Crippen molar-refractivity contribution in [2.24, 2.45) is 7.05 Å². The number of fused-ring (bicyclic) bond motifs is 3. The number of aromatic amines is 1. The van der Waals surface area contributed by atoms with Gasteiger partial charge >= 0.3 is 5.69 Å². The van der Waals surface area contributed by atoms with Gasteiger partial charge in [0.25, 0.3) is 5.56 Å². The number of H-pyrrole nitrogens is 1. The maximum atomic E-state index is 12.5. The van der Waals surface area contributed by atoms with E-state index < -0.39 is 11.2 Å². The molecule has 7 nitrogen and oxygen atoms in total. The number of unbranched alkanes of at least 4 members (excludes halogenated alkanes) is 2. The predicted molar refractivity (Wildman–Crippen MR) is 106 cm³/mol. The molecule has 4 rings (SSSR count). The van der Waals surface area contributed by atoms with E-state index in [1.807, 2.05) is 18.3 Å². The topological polar surface area (TPSA) is 77.1 Å². The number of imidazole rings is 2. The minimum Gasteiger partial charge on any atom is -0.310 e. The molecule has 4 aromatic rings. The first-order valence-corrected chi connectivity index (χ1v) is 9.29. The fourth-order valence-corrected chi connectivity index (χ4v) is 3.62. The Balaban J connectivity index is 2.05. The van der Waals surface area contributed by atoms with Crippen LogP contribution >= 0.6 is 0 Å². The average Bonchev–Trinajstić information content (AvgIpc) is 3.17. The molecule has 0 bridgehead atoms. The van der Waals surface area contributed by atoms with Gasteiger partial charge in [-0.05, 0) is 18.9 Å². The van der Waals surface area contributed by atoms with Crippen molar-refractivity contribution in [1.29, 1.82) is 0 Å². The summed E-state index contributed by atoms with van der Waals surface area (Å²) >= 11 is 0. The van der Waals surface area contributed by atoms with E-state index in [0.29, 0.717) is 16.9 Å². The molecule has 1 aromatic carbocycles. The largest absolute Gasteiger partial charge is 0.329 e. The van der Waals surface area contributed by atoms with E-state index >= 15 is 0 Å². The van der Waals surface area contributed by atoms with Gasteiger partial charge in [0.15, 0.2) is 11.2 Å². The molecule has 1 N–H and O–H groups in total. The normalized spacial score (nSPS) is 11.7. The van der Waals surface area contributed by atoms with E-state index in [-0.39, 0.29) is 0 Å². The molecule has 0 amide bonds. The zero-order chi connectivity index (χ0) is 19.1. The smallest absolute Gasteiger partial charge is 0.310 e. The Hall–Kier alpha value is -3.09. The highest BCUT2D eigenvalue weighted by atomic mass is 16.2. The van der Waals surface area contributed by atoms with Crippen LogP contribution in [0.1, 0.15) is 31.7 Å². The molecule has 0 aliphatic rings. The fraction of sp³-hybridized carbons (Fsp3) is 0.350. The second-order valence-electron chi connectivity index (χ2n) is 6.96. The number of hydrogen-bond acceptors (Lipinski definition) is 3. The summed E-state index contributed by atoms with van der Waals surface area (Å²) in [6, 6.07) is 8.20. The Morgan fingerprint density at radius 1 is 1.15 bits per heavy atom. The van der Waals surface area contributed by atoms with Crippen LogP contribution in [-0.2, 0) is 13.6 Å². The van der Waals surface area contributed by atoms with Gasteiger partial charge in [-0.2, -0.15) is 4.98 Å². The van der Waals surface area contributed by atoms with Gasteiger partial charge in [-0.1, -0.05) is 44.0 Å². The van der Waals surface area contributed by atoms with Gasteiger partial charge in [0.05, 0.1) is 5.69 Å². The van der Waals surface area contributed by atoms with Crippen molar-refractivity contribution < 1.29 is 0 Å². The molecule has 0 fully saturated rings. The van der Waals surface area contributed by atoms with Crippen molar-refractivity contribution in [2.75, 3.05) is 0 Å². The van der Waals surface area contributed by atoms with E-state index in [0.717, 1.165) is 37.1 Å². The van der Waals surface area contributed by atoms with Gasteiger partial charge in [0.1, 0.15) is 0 Å². The molecular weight excluding hydrogens is 342 g/mol. The van der Waals surface area contributed by atoms with Crippen LogP contribution in [0.5, 0.6) is 0 Å². The molecule has 140 valence electrons. The van der Waals surface area contributed by atoms with Crippen molar-refractivity contribution >= 4 is 16.9 Å². The van der Waals surface area contributed by atoms with Gasteiger partial charge < -0.3 is 4.57 Å². The minimum absolute atomic E-state index is 0.399. The van der Waals surface area contributed by atoms with Crippen LogP contribution in [0, 0.1) is 6.92 Å². The number of rotatable bonds is 5. The molecular formula is C20H23N5O2. The molecule has 3 heterocycles. The van der Waals surface area contributed by atoms with Gasteiger partial charge in [0, 0.05) is 25.4 Å². The SMILES string of the molecule is CCCCCn1c(-c2ccccc2C)cn2c3c(=O)[nH]c(=O)n(C)c3nc12. The monoisotopic (exact) mass is 365 g/mol. The molecule has 0 saturated heterocycles. The number of nitrogens with zero attached hydrogens (tertiary/aromatic N) is 4. The Labute approximate surface area is 155 Å². The summed E-state index contributed by atoms with van der Waals surface area (Å²) in [6.07, 6.45) is 5.23. The standard InChI is InChI=1S/C20H23N5O2/c1-4-5-8-11-24-15(14-10-7-6-9-13(14)2)12-25-16-17(21-19(24)25)23(3)20(27)22-18(16)26/h6-7,9-10,12H,4-5,8,11H2,1-3H3,(H,22,26,27). The highest BCUT2D eigenvalue weighted by molar-refractivity contribution is 5.78. The number of aryl methyl sites for hydroxylation is 3. The van der Waals surface area contributed by atoms with Gasteiger partial charge in [0.2, 0.25) is 5.78 Å². The molecule has 27 heavy (non-hydrogen) atoms. The highest BCUT2D eigenvalue weighted by Gasteiger charge is 2.19. The van der Waals surface area contributed by atoms with E-state index in [2.05, 4.69) is 40.5 Å². The first kappa shape index (κ1) is 17.3. The van der Waals surface area contributed by atoms with Gasteiger partial charge in [-0.25, -0.2) is 4.79 Å². The summed E-state index contributed by atoms with van der Waals surface area (Å²) in [6.45, 7) is 5.06. The van der Waals surface area contributed by atoms with E-state index in [1.54, 1.807) is 11.4 Å². The van der Waals surface area contributed by atoms with Crippen molar-refractivity contribution in [3.8, 4) is 11.3 Å². The van der Waals surface area contributed by atoms with Crippen molar-refractivity contribution in [3.63, 3.8) is 0 Å². The zero-order valence-electron chi connectivity index (χ0n) is 15.8. The number of nitrogens with one attached hydrogen (secondary N) is 1. The zero-order valence-corrected chi connectivity index (χ0v) is 15.8. The average molecular weight is 365 g/mol. The third-order valence-corrected chi connectivity index (χ3v) is 5.12. The van der Waals surface area contributed by atoms with Crippen LogP contribution in [0.2, 0.25) is 0 Å². The van der Waals surface area contributed by atoms with Crippen molar-refractivity contribution in [1.82, 2.24) is 23.5 Å². The first-order chi connectivity index (χ1) is 13.0. The maximum absolute atomic E-state index is 12.5. The lowest BCUT2D eigenvalue weighted by Crippen LogP contribution is -2.28. The molecule has 0 radical (unpaired) electrons. The van der Waals surface area contributed by atoms with Crippen LogP contribution < -0.4 is 11.2 Å². The fourth-order valence-electron chi connectivity index (χ4n) is 3.62. The first-order valence-electron chi connectivity index (χ1n) is 9.29. The summed E-state index contributed by atoms with van der Waals surface area (Å²) in [5.74, 6) is 0.686. The summed E-state index contributed by atoms with van der Waals surface area (Å²) in [5, 5.41) is 0. The molecule has 0 saturated carbocycles. The molecule has 3 aromatic heterocycles. The summed E-state index contributed by atoms with van der Waals surface area (Å²) in [7, 11) is 1.62. The quantitative estimate of drug-likeness (QED) is 0.553. The van der Waals surface area contributed by atoms with Crippen LogP contribution in [0.3, 0.4) is 0 Å². The van der Waals surface area contributed by atoms with Crippen LogP contribution in [0.15, 0.2) is 40.1 Å². The van der Waals surface area contributed by atoms with Gasteiger partial charge in [-0.15, -0.1) is 0 Å². The molecule has 0 spiro atoms. The maximum Gasteiger partial charge on any atom is 0.329 e. The molecule has 0 aliphatic carbocycles. The van der Waals surface area contributed by atoms with Crippen molar-refractivity contribution in [2.45, 2.75) is 39.7 Å². The van der Waals surface area contributed by atoms with Crippen LogP contribution in [-0.4, -0.2) is 23.5 Å². The summed E-state index contributed by atoms with van der Waals surface area (Å²) in [4.78, 5) is 31.4. The third-order valence-electron chi connectivity index (χ3n) is 5.12. The number of benzene rings is 1. The Morgan fingerprint density at radius 2 is 1.93 bits per heavy atom. The molecule has 0 unspecified atom stereocenters. The number of aromatic nitrogens is 5. The lowest BCUT2D eigenvalue weighted by molar-refractivity contribution is 0.615. The lowest BCUT2D eigenvalue weighted by atomic mass is 10.1. The summed E-state index contributed by atoms with van der Waals surface area (Å²) < 4.78 is 5.34. The van der Waals surface area contributed by atoms with E-state index in [1.165, 1.54) is 10.1 Å². The minimum atomic E-state index is -0.454. The van der Waals surface area contributed by atoms with Crippen LogP contribution in [0.25, 0.3) is 28.2 Å². The van der Waals surface area contributed by atoms with E-state index in [4.69, 9.17) is 0 Å². The highest BCUT2D eigenvalue weighted by Crippen LogP contribution is 2.28. The predicted octanol–water partition coefficient (Wildman–Crippen LogP) is 2.84. The number of hydrogen-bond donors (Lipinski definition) is 1. The van der Waals surface area contributed by atoms with Gasteiger partial charge in [-0.3, -0.25) is 18.7 Å².